The fraction of sp³-hybridized carbons (Fsp3) is 0.412. The zero-order valence-corrected chi connectivity index (χ0v) is 14.5. The molecule has 3 rings (SSSR count). The number of para-hydroxylation sites is 1. The molecule has 24 heavy (non-hydrogen) atoms. The molecular formula is C17H23ClN4O2. The van der Waals surface area contributed by atoms with Crippen molar-refractivity contribution in [1.29, 1.82) is 0 Å². The molecule has 0 aliphatic carbocycles. The molecule has 1 aliphatic rings. The van der Waals surface area contributed by atoms with Crippen LogP contribution in [0.15, 0.2) is 42.7 Å². The summed E-state index contributed by atoms with van der Waals surface area (Å²) in [6.07, 6.45) is 4.07. The SMILES string of the molecule is CC(NC(=O)CC1COCCN1)c1ccccc1-n1cccn1.Cl. The molecule has 1 saturated heterocycles. The van der Waals surface area contributed by atoms with Crippen LogP contribution in [0.4, 0.5) is 0 Å². The minimum Gasteiger partial charge on any atom is -0.378 e. The van der Waals surface area contributed by atoms with Gasteiger partial charge in [-0.2, -0.15) is 5.10 Å². The maximum atomic E-state index is 12.3. The van der Waals surface area contributed by atoms with Crippen LogP contribution in [0.25, 0.3) is 5.69 Å². The van der Waals surface area contributed by atoms with Crippen molar-refractivity contribution in [3.8, 4) is 5.69 Å². The molecule has 1 aromatic carbocycles. The number of carbonyl (C=O) groups is 1. The van der Waals surface area contributed by atoms with E-state index in [1.807, 2.05) is 48.1 Å². The molecule has 2 unspecified atom stereocenters. The van der Waals surface area contributed by atoms with Gasteiger partial charge in [0.15, 0.2) is 0 Å². The maximum Gasteiger partial charge on any atom is 0.222 e. The summed E-state index contributed by atoms with van der Waals surface area (Å²) in [7, 11) is 0. The highest BCUT2D eigenvalue weighted by molar-refractivity contribution is 5.85. The van der Waals surface area contributed by atoms with Gasteiger partial charge in [-0.1, -0.05) is 18.2 Å². The predicted octanol–water partition coefficient (Wildman–Crippen LogP) is 1.85. The molecule has 0 spiro atoms. The Kier molecular flexibility index (Phi) is 6.78. The molecule has 1 fully saturated rings. The predicted molar refractivity (Wildman–Crippen MR) is 94.6 cm³/mol. The number of amides is 1. The Bertz CT molecular complexity index is 642. The molecule has 2 atom stereocenters. The summed E-state index contributed by atoms with van der Waals surface area (Å²) in [6.45, 7) is 4.10. The van der Waals surface area contributed by atoms with E-state index in [9.17, 15) is 4.79 Å². The van der Waals surface area contributed by atoms with Crippen LogP contribution < -0.4 is 10.6 Å². The van der Waals surface area contributed by atoms with Gasteiger partial charge >= 0.3 is 0 Å². The lowest BCUT2D eigenvalue weighted by Gasteiger charge is -2.24. The third-order valence-electron chi connectivity index (χ3n) is 3.96. The summed E-state index contributed by atoms with van der Waals surface area (Å²) < 4.78 is 7.20. The molecule has 0 bridgehead atoms. The quantitative estimate of drug-likeness (QED) is 0.863. The largest absolute Gasteiger partial charge is 0.378 e. The van der Waals surface area contributed by atoms with Gasteiger partial charge in [-0.05, 0) is 24.6 Å². The number of benzene rings is 1. The number of nitrogens with one attached hydrogen (secondary N) is 2. The standard InChI is InChI=1S/C17H22N4O2.ClH/c1-13(20-17(22)11-14-12-23-10-8-18-14)15-5-2-3-6-16(15)21-9-4-7-19-21;/h2-7,9,13-14,18H,8,10-12H2,1H3,(H,20,22);1H. The molecule has 0 saturated carbocycles. The van der Waals surface area contributed by atoms with Crippen LogP contribution in [-0.4, -0.2) is 41.5 Å². The Balaban J connectivity index is 0.00000208. The Morgan fingerprint density at radius 3 is 3.00 bits per heavy atom. The number of morpholine rings is 1. The average molecular weight is 351 g/mol. The number of aromatic nitrogens is 2. The van der Waals surface area contributed by atoms with Crippen LogP contribution in [0.2, 0.25) is 0 Å². The molecule has 1 aliphatic heterocycles. The van der Waals surface area contributed by atoms with E-state index in [0.29, 0.717) is 19.6 Å². The molecule has 2 aromatic rings. The summed E-state index contributed by atoms with van der Waals surface area (Å²) >= 11 is 0. The van der Waals surface area contributed by atoms with E-state index >= 15 is 0 Å². The molecule has 2 heterocycles. The van der Waals surface area contributed by atoms with Crippen molar-refractivity contribution in [2.45, 2.75) is 25.4 Å². The van der Waals surface area contributed by atoms with E-state index in [4.69, 9.17) is 4.74 Å². The molecule has 2 N–H and O–H groups in total. The van der Waals surface area contributed by atoms with E-state index in [1.165, 1.54) is 0 Å². The Labute approximate surface area is 148 Å². The highest BCUT2D eigenvalue weighted by Gasteiger charge is 2.19. The van der Waals surface area contributed by atoms with Crippen LogP contribution >= 0.6 is 12.4 Å². The Morgan fingerprint density at radius 1 is 1.46 bits per heavy atom. The third kappa shape index (κ3) is 4.56. The number of hydrogen-bond acceptors (Lipinski definition) is 4. The highest BCUT2D eigenvalue weighted by Crippen LogP contribution is 2.21. The van der Waals surface area contributed by atoms with Crippen molar-refractivity contribution < 1.29 is 9.53 Å². The minimum atomic E-state index is -0.0904. The van der Waals surface area contributed by atoms with Gasteiger partial charge in [0.05, 0.1) is 24.9 Å². The lowest BCUT2D eigenvalue weighted by atomic mass is 10.1. The number of rotatable bonds is 5. The van der Waals surface area contributed by atoms with Crippen LogP contribution in [0.5, 0.6) is 0 Å². The van der Waals surface area contributed by atoms with Gasteiger partial charge in [0.2, 0.25) is 5.91 Å². The van der Waals surface area contributed by atoms with Crippen molar-refractivity contribution in [2.75, 3.05) is 19.8 Å². The van der Waals surface area contributed by atoms with Crippen molar-refractivity contribution in [1.82, 2.24) is 20.4 Å². The van der Waals surface area contributed by atoms with E-state index in [-0.39, 0.29) is 30.4 Å². The Hall–Kier alpha value is -1.89. The maximum absolute atomic E-state index is 12.3. The summed E-state index contributed by atoms with van der Waals surface area (Å²) in [5.74, 6) is 0.0239. The van der Waals surface area contributed by atoms with Crippen LogP contribution in [0, 0.1) is 0 Å². The molecule has 1 amide bonds. The van der Waals surface area contributed by atoms with Gasteiger partial charge in [0, 0.05) is 31.4 Å². The zero-order valence-electron chi connectivity index (χ0n) is 13.6. The van der Waals surface area contributed by atoms with Crippen LogP contribution in [0.1, 0.15) is 24.9 Å². The number of halogens is 1. The average Bonchev–Trinajstić information content (AvgIpc) is 3.10. The molecule has 130 valence electrons. The van der Waals surface area contributed by atoms with Gasteiger partial charge in [0.25, 0.3) is 0 Å². The molecule has 6 nitrogen and oxygen atoms in total. The second-order valence-electron chi connectivity index (χ2n) is 5.73. The summed E-state index contributed by atoms with van der Waals surface area (Å²) in [5.41, 5.74) is 2.02. The van der Waals surface area contributed by atoms with Crippen molar-refractivity contribution in [3.05, 3.63) is 48.3 Å². The van der Waals surface area contributed by atoms with Gasteiger partial charge in [-0.3, -0.25) is 4.79 Å². The van der Waals surface area contributed by atoms with E-state index in [1.54, 1.807) is 6.20 Å². The van der Waals surface area contributed by atoms with Gasteiger partial charge in [-0.25, -0.2) is 4.68 Å². The number of ether oxygens (including phenoxy) is 1. The fourth-order valence-electron chi connectivity index (χ4n) is 2.83. The lowest BCUT2D eigenvalue weighted by Crippen LogP contribution is -2.44. The number of carbonyl (C=O) groups excluding carboxylic acids is 1. The zero-order chi connectivity index (χ0) is 16.1. The van der Waals surface area contributed by atoms with Crippen molar-refractivity contribution in [3.63, 3.8) is 0 Å². The van der Waals surface area contributed by atoms with Crippen LogP contribution in [-0.2, 0) is 9.53 Å². The van der Waals surface area contributed by atoms with E-state index in [2.05, 4.69) is 15.7 Å². The monoisotopic (exact) mass is 350 g/mol. The summed E-state index contributed by atoms with van der Waals surface area (Å²) in [4.78, 5) is 12.3. The first-order chi connectivity index (χ1) is 11.2. The highest BCUT2D eigenvalue weighted by atomic mass is 35.5. The first kappa shape index (κ1) is 18.4. The van der Waals surface area contributed by atoms with Crippen LogP contribution in [0.3, 0.4) is 0 Å². The van der Waals surface area contributed by atoms with Gasteiger partial charge < -0.3 is 15.4 Å². The molecule has 0 radical (unpaired) electrons. The van der Waals surface area contributed by atoms with Crippen molar-refractivity contribution >= 4 is 18.3 Å². The fourth-order valence-corrected chi connectivity index (χ4v) is 2.83. The Morgan fingerprint density at radius 2 is 2.29 bits per heavy atom. The number of nitrogens with zero attached hydrogens (tertiary/aromatic N) is 2. The summed E-state index contributed by atoms with van der Waals surface area (Å²) in [6, 6.07) is 9.85. The van der Waals surface area contributed by atoms with E-state index < -0.39 is 0 Å². The normalized spacial score (nSPS) is 18.5. The molecule has 1 aromatic heterocycles. The first-order valence-corrected chi connectivity index (χ1v) is 7.93. The van der Waals surface area contributed by atoms with E-state index in [0.717, 1.165) is 17.8 Å². The second kappa shape index (κ2) is 8.82. The third-order valence-corrected chi connectivity index (χ3v) is 3.96. The minimum absolute atomic E-state index is 0. The topological polar surface area (TPSA) is 68.2 Å². The number of hydrogen-bond donors (Lipinski definition) is 2. The first-order valence-electron chi connectivity index (χ1n) is 7.93. The van der Waals surface area contributed by atoms with Gasteiger partial charge in [-0.15, -0.1) is 12.4 Å². The smallest absolute Gasteiger partial charge is 0.222 e. The molecule has 7 heteroatoms. The molecular weight excluding hydrogens is 328 g/mol. The summed E-state index contributed by atoms with van der Waals surface area (Å²) in [5, 5.41) is 10.6. The van der Waals surface area contributed by atoms with Gasteiger partial charge in [0.1, 0.15) is 0 Å². The lowest BCUT2D eigenvalue weighted by molar-refractivity contribution is -0.122. The second-order valence-corrected chi connectivity index (χ2v) is 5.73. The van der Waals surface area contributed by atoms with Crippen molar-refractivity contribution in [2.24, 2.45) is 0 Å².